The van der Waals surface area contributed by atoms with Crippen molar-refractivity contribution >= 4 is 36.5 Å². The van der Waals surface area contributed by atoms with Crippen molar-refractivity contribution in [3.63, 3.8) is 0 Å². The third kappa shape index (κ3) is 29.4. The smallest absolute Gasteiger partial charge is 1.00 e. The van der Waals surface area contributed by atoms with Crippen molar-refractivity contribution < 1.29 is 220 Å². The number of alkyl halides is 12. The molecule has 17 nitrogen and oxygen atoms in total. The Kier molecular flexibility index (Phi) is 45.9. The van der Waals surface area contributed by atoms with Crippen molar-refractivity contribution in [1.29, 1.82) is 0 Å². The fourth-order valence-corrected chi connectivity index (χ4v) is 9.13. The van der Waals surface area contributed by atoms with Gasteiger partial charge in [0.1, 0.15) is 0 Å². The molecule has 0 fully saturated rings. The molecule has 0 radical (unpaired) electrons. The van der Waals surface area contributed by atoms with E-state index in [1.54, 1.807) is 12.1 Å². The molecule has 0 saturated carbocycles. The van der Waals surface area contributed by atoms with Gasteiger partial charge in [-0.1, -0.05) is 45.4 Å². The minimum Gasteiger partial charge on any atom is -1.00 e. The van der Waals surface area contributed by atoms with E-state index in [1.807, 2.05) is 44.4 Å². The number of unbranched alkanes of at least 4 members (excludes halogenated alkanes) is 1. The van der Waals surface area contributed by atoms with E-state index in [9.17, 15) is 77.9 Å². The quantitative estimate of drug-likeness (QED) is 0.0170. The Morgan fingerprint density at radius 2 is 0.960 bits per heavy atom. The number of hydrogen-bond donors (Lipinski definition) is 0. The Morgan fingerprint density at radius 3 is 1.36 bits per heavy atom. The summed E-state index contributed by atoms with van der Waals surface area (Å²) in [5.74, 6) is -23.7. The number of carbonyl (C=O) groups is 1. The van der Waals surface area contributed by atoms with Gasteiger partial charge in [-0.05, 0) is 77.6 Å². The molecule has 1 aromatic carbocycles. The SMILES string of the molecule is CCN(CC)CCCCS(=O)(=O)C(F)(F)C(F)(F)C(C)(F)F.CCN(CC)CCCN(CCOCCOCCOC)S(=O)(=O)C(F)(F)C(F)(F)C(C)(F)F.COCCOS(=O)(=O)c1ccc(C)cc1.O=CO[O-].[H-].[K+].[K+]. The van der Waals surface area contributed by atoms with Crippen molar-refractivity contribution in [3.8, 4) is 0 Å². The normalized spacial score (nSPS) is 12.9. The molecular formula is C41H71F12K2N3O14S3. The van der Waals surface area contributed by atoms with E-state index in [1.165, 1.54) is 26.4 Å². The van der Waals surface area contributed by atoms with Gasteiger partial charge in [0, 0.05) is 41.2 Å². The standard InChI is InChI=1S/C18H34F6N2O5S.C12H21F6NO2S.C10H14O4S.CH2O3.2K.H/c1-5-25(6-2)8-7-9-26(10-11-30-14-15-31-13-12-29-4)32(27,28)18(23,24)17(21,22)16(3,19)20;1-4-19(5-2)8-6-7-9-22(20,21)12(17,18)11(15,16)10(3,13)14;1-9-3-5-10(6-4-9)15(11,12)14-8-7-13-2;2-1-4-3;;;/h5-15H2,1-4H3;4-9H2,1-3H3;3-6H,7-8H2,1-2H3;1,3H;;;/q;;;;2*+1;-1/p-1. The van der Waals surface area contributed by atoms with E-state index in [-0.39, 0.29) is 172 Å². The van der Waals surface area contributed by atoms with Gasteiger partial charge in [-0.3, -0.25) is 8.98 Å². The van der Waals surface area contributed by atoms with Crippen LogP contribution in [0, 0.1) is 6.92 Å². The van der Waals surface area contributed by atoms with Gasteiger partial charge in [-0.15, -0.1) is 0 Å². The van der Waals surface area contributed by atoms with Gasteiger partial charge in [-0.25, -0.2) is 16.8 Å². The number of hydrogen-bond acceptors (Lipinski definition) is 16. The second kappa shape index (κ2) is 40.7. The average molecular weight is 1230 g/mol. The van der Waals surface area contributed by atoms with Crippen LogP contribution in [-0.2, 0) is 62.8 Å². The summed E-state index contributed by atoms with van der Waals surface area (Å²) in [6, 6.07) is 6.51. The molecule has 0 spiro atoms. The van der Waals surface area contributed by atoms with Crippen LogP contribution in [0.4, 0.5) is 52.7 Å². The number of sulfone groups is 1. The molecule has 0 amide bonds. The minimum atomic E-state index is -6.13. The Bertz CT molecular complexity index is 1980. The van der Waals surface area contributed by atoms with Gasteiger partial charge in [0.2, 0.25) is 9.84 Å². The van der Waals surface area contributed by atoms with Crippen LogP contribution in [-0.4, -0.2) is 199 Å². The summed E-state index contributed by atoms with van der Waals surface area (Å²) in [5, 5.41) is -3.40. The van der Waals surface area contributed by atoms with E-state index in [0.29, 0.717) is 45.9 Å². The summed E-state index contributed by atoms with van der Waals surface area (Å²) in [6.07, 6.45) is -0.0872. The molecule has 75 heavy (non-hydrogen) atoms. The third-order valence-electron chi connectivity index (χ3n) is 9.86. The molecular weight excluding hydrogens is 1160 g/mol. The van der Waals surface area contributed by atoms with Crippen LogP contribution in [0.25, 0.3) is 0 Å². The molecule has 0 aromatic heterocycles. The molecule has 0 aliphatic rings. The number of nitrogens with zero attached hydrogens (tertiary/aromatic N) is 3. The topological polar surface area (TPSA) is 208 Å². The zero-order chi connectivity index (χ0) is 57.6. The summed E-state index contributed by atoms with van der Waals surface area (Å²) in [5.41, 5.74) is 1.01. The number of aryl methyl sites for hydroxylation is 1. The van der Waals surface area contributed by atoms with Crippen molar-refractivity contribution in [2.24, 2.45) is 0 Å². The number of halogens is 12. The van der Waals surface area contributed by atoms with E-state index in [4.69, 9.17) is 33.2 Å². The largest absolute Gasteiger partial charge is 1.00 e. The number of rotatable bonds is 35. The van der Waals surface area contributed by atoms with Crippen LogP contribution in [0.3, 0.4) is 0 Å². The first kappa shape index (κ1) is 84.4. The average Bonchev–Trinajstić information content (AvgIpc) is 3.30. The number of sulfonamides is 1. The predicted molar refractivity (Wildman–Crippen MR) is 243 cm³/mol. The second-order valence-corrected chi connectivity index (χ2v) is 21.0. The molecule has 1 rings (SSSR count). The van der Waals surface area contributed by atoms with Gasteiger partial charge >= 0.3 is 137 Å². The number of benzene rings is 1. The van der Waals surface area contributed by atoms with Gasteiger partial charge in [-0.2, -0.15) is 65.4 Å². The van der Waals surface area contributed by atoms with Gasteiger partial charge < -0.3 is 40.3 Å². The molecule has 0 aliphatic heterocycles. The molecule has 0 saturated heterocycles. The first-order chi connectivity index (χ1) is 33.4. The first-order valence-corrected chi connectivity index (χ1v) is 26.7. The van der Waals surface area contributed by atoms with Crippen LogP contribution in [0.2, 0.25) is 0 Å². The number of methoxy groups -OCH3 is 2. The van der Waals surface area contributed by atoms with Crippen molar-refractivity contribution in [2.45, 2.75) is 107 Å². The Hall–Kier alpha value is 0.613. The molecule has 0 atom stereocenters. The van der Waals surface area contributed by atoms with E-state index in [2.05, 4.69) is 4.89 Å². The maximum atomic E-state index is 14.2. The molecule has 0 heterocycles. The van der Waals surface area contributed by atoms with E-state index in [0.717, 1.165) is 5.56 Å². The predicted octanol–water partition coefficient (Wildman–Crippen LogP) is 0.221. The second-order valence-electron chi connectivity index (χ2n) is 15.3. The first-order valence-electron chi connectivity index (χ1n) is 22.2. The van der Waals surface area contributed by atoms with E-state index < -0.39 is 103 Å². The molecule has 34 heteroatoms. The number of ether oxygens (including phenoxy) is 4. The minimum absolute atomic E-state index is 0. The van der Waals surface area contributed by atoms with Gasteiger partial charge in [0.25, 0.3) is 26.6 Å². The van der Waals surface area contributed by atoms with Gasteiger partial charge in [0.15, 0.2) is 0 Å². The monoisotopic (exact) mass is 1230 g/mol. The molecule has 0 N–H and O–H groups in total. The zero-order valence-corrected chi connectivity index (χ0v) is 52.8. The molecule has 0 unspecified atom stereocenters. The molecule has 0 aliphatic carbocycles. The van der Waals surface area contributed by atoms with E-state index >= 15 is 0 Å². The summed E-state index contributed by atoms with van der Waals surface area (Å²) >= 11 is 0. The third-order valence-corrected chi connectivity index (χ3v) is 15.0. The van der Waals surface area contributed by atoms with Crippen molar-refractivity contribution in [2.75, 3.05) is 119 Å². The summed E-state index contributed by atoms with van der Waals surface area (Å²) in [4.78, 5) is 15.2. The fourth-order valence-electron chi connectivity index (χ4n) is 5.32. The summed E-state index contributed by atoms with van der Waals surface area (Å²) < 4.78 is 255. The van der Waals surface area contributed by atoms with Crippen LogP contribution < -0.4 is 108 Å². The molecule has 1 aromatic rings. The van der Waals surface area contributed by atoms with Crippen LogP contribution in [0.5, 0.6) is 0 Å². The molecule has 438 valence electrons. The zero-order valence-electron chi connectivity index (χ0n) is 45.1. The Morgan fingerprint density at radius 1 is 0.573 bits per heavy atom. The fraction of sp³-hybridized carbons (Fsp3) is 0.829. The summed E-state index contributed by atoms with van der Waals surface area (Å²) in [7, 11) is -12.5. The molecule has 0 bridgehead atoms. The van der Waals surface area contributed by atoms with Gasteiger partial charge in [0.05, 0.1) is 56.9 Å². The Labute approximate surface area is 520 Å². The van der Waals surface area contributed by atoms with Crippen LogP contribution in [0.15, 0.2) is 29.2 Å². The van der Waals surface area contributed by atoms with Crippen LogP contribution >= 0.6 is 0 Å². The summed E-state index contributed by atoms with van der Waals surface area (Å²) in [6.45, 7) is 10.7. The maximum absolute atomic E-state index is 14.2. The maximum Gasteiger partial charge on any atom is 1.00 e. The Balaban J connectivity index is -0.000000242. The van der Waals surface area contributed by atoms with Crippen molar-refractivity contribution in [3.05, 3.63) is 29.8 Å². The number of carbonyl (C=O) groups excluding carboxylic acids is 1. The van der Waals surface area contributed by atoms with Crippen LogP contribution in [0.1, 0.15) is 67.8 Å². The van der Waals surface area contributed by atoms with Crippen molar-refractivity contribution in [1.82, 2.24) is 14.1 Å².